The fraction of sp³-hybridized carbons (Fsp3) is 0.261. The molecule has 0 spiro atoms. The van der Waals surface area contributed by atoms with Gasteiger partial charge in [-0.1, -0.05) is 35.5 Å². The first-order valence-corrected chi connectivity index (χ1v) is 9.97. The average molecular weight is 423 g/mol. The highest BCUT2D eigenvalue weighted by Gasteiger charge is 2.45. The van der Waals surface area contributed by atoms with Crippen LogP contribution in [0.3, 0.4) is 0 Å². The third kappa shape index (κ3) is 4.49. The Bertz CT molecular complexity index is 1070. The Labute approximate surface area is 178 Å². The molecule has 31 heavy (non-hydrogen) atoms. The van der Waals surface area contributed by atoms with E-state index in [1.54, 1.807) is 13.8 Å². The second-order valence-corrected chi connectivity index (χ2v) is 7.55. The second-order valence-electron chi connectivity index (χ2n) is 7.55. The van der Waals surface area contributed by atoms with Crippen LogP contribution in [0, 0.1) is 5.82 Å². The molecule has 1 N–H and O–H groups in total. The number of nitrogens with zero attached hydrogens (tertiary/aromatic N) is 2. The van der Waals surface area contributed by atoms with Gasteiger partial charge in [0.05, 0.1) is 6.10 Å². The van der Waals surface area contributed by atoms with Crippen LogP contribution in [0.15, 0.2) is 65.2 Å². The molecule has 8 heteroatoms. The van der Waals surface area contributed by atoms with Gasteiger partial charge < -0.3 is 14.6 Å². The van der Waals surface area contributed by atoms with Gasteiger partial charge in [-0.25, -0.2) is 4.39 Å². The fourth-order valence-corrected chi connectivity index (χ4v) is 3.47. The Morgan fingerprint density at radius 3 is 2.58 bits per heavy atom. The van der Waals surface area contributed by atoms with Gasteiger partial charge in [0.15, 0.2) is 11.5 Å². The van der Waals surface area contributed by atoms with E-state index in [1.807, 2.05) is 30.3 Å². The van der Waals surface area contributed by atoms with Crippen molar-refractivity contribution in [2.24, 2.45) is 0 Å². The summed E-state index contributed by atoms with van der Waals surface area (Å²) in [5, 5.41) is 6.73. The molecule has 2 heterocycles. The summed E-state index contributed by atoms with van der Waals surface area (Å²) in [6, 6.07) is 16.7. The number of carbonyl (C=O) groups is 2. The van der Waals surface area contributed by atoms with Crippen LogP contribution in [0.2, 0.25) is 0 Å². The predicted molar refractivity (Wildman–Crippen MR) is 110 cm³/mol. The molecule has 1 aromatic heterocycles. The Hall–Kier alpha value is -3.52. The SMILES string of the molecule is CC(C)OC1C(=O)NC(Cc2ccccc2)N1C(=O)c1cc(-c2ccc(F)cc2)on1. The van der Waals surface area contributed by atoms with Crippen molar-refractivity contribution in [1.29, 1.82) is 0 Å². The summed E-state index contributed by atoms with van der Waals surface area (Å²) in [5.74, 6) is -0.936. The summed E-state index contributed by atoms with van der Waals surface area (Å²) in [6.45, 7) is 3.59. The summed E-state index contributed by atoms with van der Waals surface area (Å²) in [6.07, 6.45) is -1.53. The summed E-state index contributed by atoms with van der Waals surface area (Å²) in [7, 11) is 0. The van der Waals surface area contributed by atoms with Crippen molar-refractivity contribution in [3.8, 4) is 11.3 Å². The molecular formula is C23H22FN3O4. The molecule has 2 unspecified atom stereocenters. The van der Waals surface area contributed by atoms with E-state index in [-0.39, 0.29) is 23.5 Å². The van der Waals surface area contributed by atoms with Crippen LogP contribution >= 0.6 is 0 Å². The molecule has 1 aliphatic heterocycles. The lowest BCUT2D eigenvalue weighted by molar-refractivity contribution is -0.138. The van der Waals surface area contributed by atoms with Gasteiger partial charge in [-0.3, -0.25) is 14.5 Å². The van der Waals surface area contributed by atoms with Gasteiger partial charge in [0.25, 0.3) is 11.8 Å². The monoisotopic (exact) mass is 423 g/mol. The molecule has 0 radical (unpaired) electrons. The first kappa shape index (κ1) is 20.7. The molecule has 0 aliphatic carbocycles. The standard InChI is InChI=1S/C23H22FN3O4/c1-14(2)30-23-21(28)25-20(12-15-6-4-3-5-7-15)27(23)22(29)18-13-19(31-26-18)16-8-10-17(24)11-9-16/h3-11,13-14,20,23H,12H2,1-2H3,(H,25,28). The minimum absolute atomic E-state index is 0.0336. The molecule has 2 atom stereocenters. The molecule has 2 amide bonds. The molecule has 4 rings (SSSR count). The van der Waals surface area contributed by atoms with E-state index >= 15 is 0 Å². The van der Waals surface area contributed by atoms with E-state index < -0.39 is 18.3 Å². The Kier molecular flexibility index (Phi) is 5.81. The van der Waals surface area contributed by atoms with Gasteiger partial charge in [0.1, 0.15) is 12.0 Å². The molecule has 3 aromatic rings. The van der Waals surface area contributed by atoms with Crippen molar-refractivity contribution >= 4 is 11.8 Å². The summed E-state index contributed by atoms with van der Waals surface area (Å²) >= 11 is 0. The molecule has 7 nitrogen and oxygen atoms in total. The topological polar surface area (TPSA) is 84.7 Å². The zero-order valence-electron chi connectivity index (χ0n) is 17.1. The average Bonchev–Trinajstić information content (AvgIpc) is 3.34. The lowest BCUT2D eigenvalue weighted by atomic mass is 10.1. The lowest BCUT2D eigenvalue weighted by Crippen LogP contribution is -2.46. The molecular weight excluding hydrogens is 401 g/mol. The highest BCUT2D eigenvalue weighted by molar-refractivity contribution is 5.98. The molecule has 0 saturated carbocycles. The maximum Gasteiger partial charge on any atom is 0.280 e. The first-order valence-electron chi connectivity index (χ1n) is 9.97. The van der Waals surface area contributed by atoms with Crippen molar-refractivity contribution in [3.63, 3.8) is 0 Å². The number of hydrogen-bond acceptors (Lipinski definition) is 5. The quantitative estimate of drug-likeness (QED) is 0.657. The number of carbonyl (C=O) groups excluding carboxylic acids is 2. The van der Waals surface area contributed by atoms with Crippen molar-refractivity contribution < 1.29 is 23.2 Å². The Morgan fingerprint density at radius 1 is 1.19 bits per heavy atom. The minimum atomic E-state index is -1.08. The minimum Gasteiger partial charge on any atom is -0.355 e. The van der Waals surface area contributed by atoms with Crippen molar-refractivity contribution in [3.05, 3.63) is 77.7 Å². The van der Waals surface area contributed by atoms with E-state index in [1.165, 1.54) is 35.2 Å². The molecule has 1 fully saturated rings. The van der Waals surface area contributed by atoms with E-state index in [2.05, 4.69) is 10.5 Å². The smallest absolute Gasteiger partial charge is 0.280 e. The maximum atomic E-state index is 13.4. The van der Waals surface area contributed by atoms with Gasteiger partial charge in [-0.05, 0) is 43.7 Å². The highest BCUT2D eigenvalue weighted by atomic mass is 19.1. The van der Waals surface area contributed by atoms with Crippen molar-refractivity contribution in [1.82, 2.24) is 15.4 Å². The van der Waals surface area contributed by atoms with Crippen LogP contribution in [-0.2, 0) is 16.0 Å². The number of benzene rings is 2. The second kappa shape index (κ2) is 8.69. The maximum absolute atomic E-state index is 13.4. The van der Waals surface area contributed by atoms with Crippen LogP contribution in [-0.4, -0.2) is 40.4 Å². The van der Waals surface area contributed by atoms with E-state index in [0.717, 1.165) is 5.56 Å². The Morgan fingerprint density at radius 2 is 1.90 bits per heavy atom. The van der Waals surface area contributed by atoms with Crippen molar-refractivity contribution in [2.75, 3.05) is 0 Å². The largest absolute Gasteiger partial charge is 0.355 e. The molecule has 2 aromatic carbocycles. The zero-order valence-corrected chi connectivity index (χ0v) is 17.1. The number of amides is 2. The summed E-state index contributed by atoms with van der Waals surface area (Å²) in [4.78, 5) is 27.3. The lowest BCUT2D eigenvalue weighted by Gasteiger charge is -2.28. The number of halogens is 1. The van der Waals surface area contributed by atoms with Crippen LogP contribution in [0.4, 0.5) is 4.39 Å². The molecule has 160 valence electrons. The van der Waals surface area contributed by atoms with Gasteiger partial charge in [-0.2, -0.15) is 0 Å². The zero-order chi connectivity index (χ0) is 22.0. The number of aromatic nitrogens is 1. The number of hydrogen-bond donors (Lipinski definition) is 1. The molecule has 1 aliphatic rings. The number of nitrogens with one attached hydrogen (secondary N) is 1. The number of rotatable bonds is 6. The van der Waals surface area contributed by atoms with Gasteiger partial charge in [0.2, 0.25) is 6.23 Å². The summed E-state index contributed by atoms with van der Waals surface area (Å²) < 4.78 is 24.2. The van der Waals surface area contributed by atoms with Gasteiger partial charge >= 0.3 is 0 Å². The molecule has 1 saturated heterocycles. The van der Waals surface area contributed by atoms with Crippen LogP contribution in [0.5, 0.6) is 0 Å². The van der Waals surface area contributed by atoms with Gasteiger partial charge in [-0.15, -0.1) is 0 Å². The normalized spacial score (nSPS) is 18.5. The molecule has 0 bridgehead atoms. The third-order valence-corrected chi connectivity index (χ3v) is 4.89. The van der Waals surface area contributed by atoms with Crippen molar-refractivity contribution in [2.45, 2.75) is 38.8 Å². The predicted octanol–water partition coefficient (Wildman–Crippen LogP) is 3.37. The fourth-order valence-electron chi connectivity index (χ4n) is 3.47. The van der Waals surface area contributed by atoms with Gasteiger partial charge in [0, 0.05) is 18.1 Å². The summed E-state index contributed by atoms with van der Waals surface area (Å²) in [5.41, 5.74) is 1.58. The first-order chi connectivity index (χ1) is 14.9. The number of ether oxygens (including phenoxy) is 1. The van der Waals surface area contributed by atoms with E-state index in [4.69, 9.17) is 9.26 Å². The highest BCUT2D eigenvalue weighted by Crippen LogP contribution is 2.25. The van der Waals surface area contributed by atoms with Crippen LogP contribution in [0.25, 0.3) is 11.3 Å². The van der Waals surface area contributed by atoms with Crippen LogP contribution < -0.4 is 5.32 Å². The van der Waals surface area contributed by atoms with E-state index in [0.29, 0.717) is 17.7 Å². The van der Waals surface area contributed by atoms with Crippen LogP contribution in [0.1, 0.15) is 29.9 Å². The van der Waals surface area contributed by atoms with E-state index in [9.17, 15) is 14.0 Å². The third-order valence-electron chi connectivity index (χ3n) is 4.89. The Balaban J connectivity index is 1.62.